The van der Waals surface area contributed by atoms with Crippen molar-refractivity contribution in [2.24, 2.45) is 0 Å². The van der Waals surface area contributed by atoms with Gasteiger partial charge in [-0.05, 0) is 37.3 Å². The van der Waals surface area contributed by atoms with Crippen molar-refractivity contribution in [1.29, 1.82) is 0 Å². The summed E-state index contributed by atoms with van der Waals surface area (Å²) in [5, 5.41) is 15.4. The number of ether oxygens (including phenoxy) is 2. The van der Waals surface area contributed by atoms with Gasteiger partial charge in [-0.3, -0.25) is 4.72 Å². The Bertz CT molecular complexity index is 1490. The number of halogens is 2. The fraction of sp³-hybridized carbons (Fsp3) is 0.174. The molecule has 12 heteroatoms. The third-order valence-electron chi connectivity index (χ3n) is 5.13. The zero-order chi connectivity index (χ0) is 25.3. The zero-order valence-corrected chi connectivity index (χ0v) is 19.3. The molecule has 0 saturated carbocycles. The van der Waals surface area contributed by atoms with Gasteiger partial charge in [0.1, 0.15) is 29.8 Å². The fourth-order valence-electron chi connectivity index (χ4n) is 3.38. The monoisotopic (exact) mass is 503 g/mol. The number of aromatic nitrogens is 1. The SMILES string of the molecule is CCS(=O)(=O)Nc1ccc(Oc2ccc(F)cc2F)c(-c2cc(C)[n+]([O-])c3c2NC(=C=O)CO3)c1. The van der Waals surface area contributed by atoms with Gasteiger partial charge >= 0.3 is 5.88 Å². The van der Waals surface area contributed by atoms with E-state index in [1.165, 1.54) is 38.1 Å². The lowest BCUT2D eigenvalue weighted by Crippen LogP contribution is -2.36. The van der Waals surface area contributed by atoms with Crippen molar-refractivity contribution in [3.8, 4) is 28.5 Å². The molecule has 0 atom stereocenters. The molecule has 0 aliphatic carbocycles. The van der Waals surface area contributed by atoms with Gasteiger partial charge in [0.15, 0.2) is 22.9 Å². The largest absolute Gasteiger partial charge is 0.616 e. The van der Waals surface area contributed by atoms with Crippen LogP contribution < -0.4 is 24.2 Å². The second-order valence-electron chi connectivity index (χ2n) is 7.56. The third kappa shape index (κ3) is 4.88. The van der Waals surface area contributed by atoms with Gasteiger partial charge in [-0.15, -0.1) is 4.73 Å². The fourth-order valence-corrected chi connectivity index (χ4v) is 4.01. The second-order valence-corrected chi connectivity index (χ2v) is 9.57. The number of hydrogen-bond acceptors (Lipinski definition) is 7. The predicted molar refractivity (Wildman–Crippen MR) is 123 cm³/mol. The molecule has 182 valence electrons. The minimum Gasteiger partial charge on any atom is -0.616 e. The lowest BCUT2D eigenvalue weighted by atomic mass is 10.0. The van der Waals surface area contributed by atoms with Crippen LogP contribution in [0.5, 0.6) is 17.4 Å². The van der Waals surface area contributed by atoms with Crippen molar-refractivity contribution in [3.05, 3.63) is 70.7 Å². The van der Waals surface area contributed by atoms with E-state index in [-0.39, 0.29) is 58.1 Å². The number of carbonyl (C=O) groups excluding carboxylic acids is 1. The van der Waals surface area contributed by atoms with Crippen LogP contribution in [-0.4, -0.2) is 26.7 Å². The number of rotatable bonds is 6. The number of fused-ring (bicyclic) bond motifs is 1. The van der Waals surface area contributed by atoms with Crippen LogP contribution in [0.15, 0.2) is 48.2 Å². The molecule has 1 aromatic heterocycles. The van der Waals surface area contributed by atoms with Gasteiger partial charge < -0.3 is 20.0 Å². The number of benzene rings is 2. The topological polar surface area (TPSA) is 121 Å². The Morgan fingerprint density at radius 3 is 2.60 bits per heavy atom. The molecule has 0 spiro atoms. The summed E-state index contributed by atoms with van der Waals surface area (Å²) in [6, 6.07) is 8.48. The molecule has 9 nitrogen and oxygen atoms in total. The van der Waals surface area contributed by atoms with Crippen LogP contribution >= 0.6 is 0 Å². The summed E-state index contributed by atoms with van der Waals surface area (Å²) in [5.74, 6) is -0.592. The summed E-state index contributed by atoms with van der Waals surface area (Å²) in [5.41, 5.74) is 1.05. The van der Waals surface area contributed by atoms with Crippen LogP contribution in [0.3, 0.4) is 0 Å². The molecule has 0 unspecified atom stereocenters. The maximum absolute atomic E-state index is 14.3. The van der Waals surface area contributed by atoms with E-state index < -0.39 is 21.7 Å². The van der Waals surface area contributed by atoms with Gasteiger partial charge in [0, 0.05) is 35.9 Å². The molecular formula is C23H19F2N3O6S. The second kappa shape index (κ2) is 9.24. The summed E-state index contributed by atoms with van der Waals surface area (Å²) in [6.45, 7) is 2.79. The highest BCUT2D eigenvalue weighted by Gasteiger charge is 2.30. The minimum absolute atomic E-state index is 0.0255. The van der Waals surface area contributed by atoms with Crippen molar-refractivity contribution < 1.29 is 36.2 Å². The number of aryl methyl sites for hydroxylation is 1. The van der Waals surface area contributed by atoms with E-state index in [1.807, 2.05) is 0 Å². The predicted octanol–water partition coefficient (Wildman–Crippen LogP) is 3.65. The Morgan fingerprint density at radius 2 is 1.91 bits per heavy atom. The van der Waals surface area contributed by atoms with Crippen LogP contribution in [0.4, 0.5) is 20.2 Å². The first-order valence-electron chi connectivity index (χ1n) is 10.3. The van der Waals surface area contributed by atoms with Crippen molar-refractivity contribution >= 4 is 27.3 Å². The Morgan fingerprint density at radius 1 is 1.17 bits per heavy atom. The van der Waals surface area contributed by atoms with Crippen molar-refractivity contribution in [2.45, 2.75) is 13.8 Å². The molecule has 2 aromatic carbocycles. The van der Waals surface area contributed by atoms with Crippen LogP contribution in [0.2, 0.25) is 0 Å². The van der Waals surface area contributed by atoms with Crippen LogP contribution in [-0.2, 0) is 14.8 Å². The Balaban J connectivity index is 1.93. The number of sulfonamides is 1. The first-order chi connectivity index (χ1) is 16.6. The summed E-state index contributed by atoms with van der Waals surface area (Å²) in [4.78, 5) is 11.2. The van der Waals surface area contributed by atoms with Crippen LogP contribution in [0.25, 0.3) is 11.1 Å². The zero-order valence-electron chi connectivity index (χ0n) is 18.5. The average molecular weight is 503 g/mol. The van der Waals surface area contributed by atoms with Gasteiger partial charge in [-0.1, -0.05) is 0 Å². The lowest BCUT2D eigenvalue weighted by Gasteiger charge is -2.23. The molecule has 0 radical (unpaired) electrons. The average Bonchev–Trinajstić information content (AvgIpc) is 2.83. The Kier molecular flexibility index (Phi) is 6.33. The van der Waals surface area contributed by atoms with Crippen molar-refractivity contribution in [3.63, 3.8) is 0 Å². The Labute approximate surface area is 199 Å². The Hall–Kier alpha value is -4.15. The van der Waals surface area contributed by atoms with E-state index in [2.05, 4.69) is 10.0 Å². The van der Waals surface area contributed by atoms with E-state index in [4.69, 9.17) is 9.47 Å². The summed E-state index contributed by atoms with van der Waals surface area (Å²) < 4.78 is 66.1. The van der Waals surface area contributed by atoms with Gasteiger partial charge in [0.25, 0.3) is 0 Å². The highest BCUT2D eigenvalue weighted by Crippen LogP contribution is 2.43. The van der Waals surface area contributed by atoms with E-state index >= 15 is 0 Å². The van der Waals surface area contributed by atoms with Gasteiger partial charge in [-0.25, -0.2) is 22.0 Å². The number of nitrogens with zero attached hydrogens (tertiary/aromatic N) is 1. The maximum Gasteiger partial charge on any atom is 0.405 e. The van der Waals surface area contributed by atoms with E-state index in [0.717, 1.165) is 12.1 Å². The highest BCUT2D eigenvalue weighted by molar-refractivity contribution is 7.92. The maximum atomic E-state index is 14.3. The molecule has 0 saturated heterocycles. The standard InChI is InChI=1S/C23H19F2N3O6S/c1-3-35(31,32)27-15-5-7-20(34-21-6-4-14(24)9-19(21)25)17(10-15)18-8-13(2)28(30)23-22(18)26-16(11-29)12-33-23/h4-10,26-27H,3,12H2,1-2H3. The molecule has 2 heterocycles. The summed E-state index contributed by atoms with van der Waals surface area (Å²) in [7, 11) is -3.64. The molecule has 0 fully saturated rings. The lowest BCUT2D eigenvalue weighted by molar-refractivity contribution is -0.618. The van der Waals surface area contributed by atoms with E-state index in [9.17, 15) is 27.2 Å². The summed E-state index contributed by atoms with van der Waals surface area (Å²) in [6.07, 6.45) is 0. The smallest absolute Gasteiger partial charge is 0.405 e. The molecule has 3 aromatic rings. The van der Waals surface area contributed by atoms with E-state index in [0.29, 0.717) is 16.4 Å². The number of nitrogens with one attached hydrogen (secondary N) is 2. The number of hydrogen-bond donors (Lipinski definition) is 2. The molecule has 0 amide bonds. The molecule has 2 N–H and O–H groups in total. The van der Waals surface area contributed by atoms with Crippen molar-refractivity contribution in [1.82, 2.24) is 0 Å². The highest BCUT2D eigenvalue weighted by atomic mass is 32.2. The normalized spacial score (nSPS) is 12.7. The molecular weight excluding hydrogens is 484 g/mol. The molecule has 0 bridgehead atoms. The van der Waals surface area contributed by atoms with Crippen LogP contribution in [0, 0.1) is 23.8 Å². The quantitative estimate of drug-likeness (QED) is 0.299. The summed E-state index contributed by atoms with van der Waals surface area (Å²) >= 11 is 0. The molecule has 1 aliphatic heterocycles. The number of pyridine rings is 1. The van der Waals surface area contributed by atoms with Gasteiger partial charge in [0.05, 0.1) is 5.75 Å². The first-order valence-corrected chi connectivity index (χ1v) is 12.0. The van der Waals surface area contributed by atoms with E-state index in [1.54, 1.807) is 5.94 Å². The van der Waals surface area contributed by atoms with Gasteiger partial charge in [0.2, 0.25) is 10.0 Å². The minimum atomic E-state index is -3.64. The molecule has 35 heavy (non-hydrogen) atoms. The third-order valence-corrected chi connectivity index (χ3v) is 6.44. The number of anilines is 2. The molecule has 4 rings (SSSR count). The molecule has 1 aliphatic rings. The van der Waals surface area contributed by atoms with Crippen molar-refractivity contribution in [2.75, 3.05) is 22.4 Å². The first kappa shape index (κ1) is 24.0. The van der Waals surface area contributed by atoms with Gasteiger partial charge in [-0.2, -0.15) is 0 Å². The van der Waals surface area contributed by atoms with Crippen LogP contribution in [0.1, 0.15) is 12.6 Å².